The highest BCUT2D eigenvalue weighted by molar-refractivity contribution is 6.30. The number of halogens is 1. The lowest BCUT2D eigenvalue weighted by Gasteiger charge is -2.23. The summed E-state index contributed by atoms with van der Waals surface area (Å²) in [6.07, 6.45) is 2.20. The van der Waals surface area contributed by atoms with E-state index in [0.29, 0.717) is 31.0 Å². The Morgan fingerprint density at radius 2 is 2.14 bits per heavy atom. The number of nitrogens with one attached hydrogen (secondary N) is 1. The molecule has 0 bridgehead atoms. The molecule has 0 aliphatic heterocycles. The Balaban J connectivity index is 2.59. The van der Waals surface area contributed by atoms with Crippen LogP contribution in [0.5, 0.6) is 5.75 Å². The molecule has 3 N–H and O–H groups in total. The number of carbonyl (C=O) groups is 1. The first kappa shape index (κ1) is 17.8. The number of hydrogen-bond acceptors (Lipinski definition) is 3. The lowest BCUT2D eigenvalue weighted by Crippen LogP contribution is -2.51. The number of rotatable bonds is 8. The normalized spacial score (nSPS) is 13.6. The second kappa shape index (κ2) is 8.25. The number of carbonyl (C=O) groups excluding carboxylic acids is 1. The van der Waals surface area contributed by atoms with Crippen LogP contribution in [-0.2, 0) is 11.2 Å². The van der Waals surface area contributed by atoms with E-state index >= 15 is 0 Å². The van der Waals surface area contributed by atoms with Gasteiger partial charge in [0.25, 0.3) is 0 Å². The molecule has 0 heterocycles. The van der Waals surface area contributed by atoms with Gasteiger partial charge in [-0.25, -0.2) is 0 Å². The lowest BCUT2D eigenvalue weighted by molar-refractivity contribution is -0.126. The van der Waals surface area contributed by atoms with Crippen LogP contribution in [0, 0.1) is 0 Å². The summed E-state index contributed by atoms with van der Waals surface area (Å²) in [5.74, 6) is 0.685. The second-order valence-electron chi connectivity index (χ2n) is 5.36. The quantitative estimate of drug-likeness (QED) is 0.775. The average Bonchev–Trinajstić information content (AvgIpc) is 2.41. The standard InChI is InChI=1S/C16H25ClN2O2/c1-4-9-16(3,18)15(20)19-10-8-12-11-13(17)6-7-14(12)21-5-2/h6-7,11H,4-5,8-10,18H2,1-3H3,(H,19,20). The minimum absolute atomic E-state index is 0.121. The number of amides is 1. The molecule has 1 aromatic rings. The van der Waals surface area contributed by atoms with E-state index in [1.54, 1.807) is 13.0 Å². The Bertz CT molecular complexity index is 475. The molecule has 21 heavy (non-hydrogen) atoms. The zero-order valence-electron chi connectivity index (χ0n) is 13.0. The summed E-state index contributed by atoms with van der Waals surface area (Å²) in [6, 6.07) is 5.52. The molecule has 0 radical (unpaired) electrons. The van der Waals surface area contributed by atoms with E-state index in [1.807, 2.05) is 26.0 Å². The van der Waals surface area contributed by atoms with Gasteiger partial charge in [0.2, 0.25) is 5.91 Å². The van der Waals surface area contributed by atoms with Crippen LogP contribution in [0.25, 0.3) is 0 Å². The highest BCUT2D eigenvalue weighted by Crippen LogP contribution is 2.23. The van der Waals surface area contributed by atoms with Crippen LogP contribution in [0.15, 0.2) is 18.2 Å². The molecule has 0 saturated heterocycles. The topological polar surface area (TPSA) is 64.4 Å². The van der Waals surface area contributed by atoms with Crippen molar-refractivity contribution >= 4 is 17.5 Å². The van der Waals surface area contributed by atoms with Gasteiger partial charge in [-0.15, -0.1) is 0 Å². The van der Waals surface area contributed by atoms with Gasteiger partial charge >= 0.3 is 0 Å². The summed E-state index contributed by atoms with van der Waals surface area (Å²) in [7, 11) is 0. The van der Waals surface area contributed by atoms with Gasteiger partial charge in [0.05, 0.1) is 12.1 Å². The largest absolute Gasteiger partial charge is 0.494 e. The highest BCUT2D eigenvalue weighted by atomic mass is 35.5. The summed E-state index contributed by atoms with van der Waals surface area (Å²) in [4.78, 5) is 12.0. The Morgan fingerprint density at radius 3 is 2.76 bits per heavy atom. The van der Waals surface area contributed by atoms with Gasteiger partial charge in [0, 0.05) is 11.6 Å². The van der Waals surface area contributed by atoms with Crippen LogP contribution >= 0.6 is 11.6 Å². The lowest BCUT2D eigenvalue weighted by atomic mass is 9.96. The molecule has 118 valence electrons. The zero-order chi connectivity index (χ0) is 15.9. The maximum Gasteiger partial charge on any atom is 0.239 e. The SMILES string of the molecule is CCCC(C)(N)C(=O)NCCc1cc(Cl)ccc1OCC. The van der Waals surface area contributed by atoms with Crippen molar-refractivity contribution in [2.24, 2.45) is 5.73 Å². The van der Waals surface area contributed by atoms with Crippen molar-refractivity contribution in [3.8, 4) is 5.75 Å². The maximum absolute atomic E-state index is 12.0. The van der Waals surface area contributed by atoms with E-state index in [4.69, 9.17) is 22.1 Å². The molecule has 0 aliphatic rings. The average molecular weight is 313 g/mol. The van der Waals surface area contributed by atoms with Crippen LogP contribution in [0.4, 0.5) is 0 Å². The molecule has 1 aromatic carbocycles. The van der Waals surface area contributed by atoms with Gasteiger partial charge in [0.1, 0.15) is 5.75 Å². The molecule has 0 fully saturated rings. The Hall–Kier alpha value is -1.26. The Kier molecular flexibility index (Phi) is 6.99. The van der Waals surface area contributed by atoms with Gasteiger partial charge in [-0.05, 0) is 50.5 Å². The molecule has 1 rings (SSSR count). The van der Waals surface area contributed by atoms with E-state index in [9.17, 15) is 4.79 Å². The number of benzene rings is 1. The van der Waals surface area contributed by atoms with Crippen molar-refractivity contribution < 1.29 is 9.53 Å². The summed E-state index contributed by atoms with van der Waals surface area (Å²) < 4.78 is 5.56. The fourth-order valence-corrected chi connectivity index (χ4v) is 2.38. The highest BCUT2D eigenvalue weighted by Gasteiger charge is 2.26. The van der Waals surface area contributed by atoms with E-state index in [-0.39, 0.29) is 5.91 Å². The van der Waals surface area contributed by atoms with Crippen molar-refractivity contribution in [3.05, 3.63) is 28.8 Å². The monoisotopic (exact) mass is 312 g/mol. The predicted molar refractivity (Wildman–Crippen MR) is 86.8 cm³/mol. The minimum Gasteiger partial charge on any atom is -0.494 e. The fraction of sp³-hybridized carbons (Fsp3) is 0.562. The molecule has 4 nitrogen and oxygen atoms in total. The summed E-state index contributed by atoms with van der Waals surface area (Å²) in [5, 5.41) is 3.54. The fourth-order valence-electron chi connectivity index (χ4n) is 2.19. The van der Waals surface area contributed by atoms with E-state index < -0.39 is 5.54 Å². The number of ether oxygens (including phenoxy) is 1. The third kappa shape index (κ3) is 5.56. The first-order valence-corrected chi connectivity index (χ1v) is 7.77. The molecule has 1 atom stereocenters. The van der Waals surface area contributed by atoms with Crippen LogP contribution in [0.1, 0.15) is 39.2 Å². The molecule has 0 saturated carbocycles. The van der Waals surface area contributed by atoms with Gasteiger partial charge in [-0.2, -0.15) is 0 Å². The first-order valence-electron chi connectivity index (χ1n) is 7.39. The zero-order valence-corrected chi connectivity index (χ0v) is 13.8. The molecule has 0 aromatic heterocycles. The third-order valence-electron chi connectivity index (χ3n) is 3.29. The van der Waals surface area contributed by atoms with Crippen LogP contribution < -0.4 is 15.8 Å². The van der Waals surface area contributed by atoms with E-state index in [2.05, 4.69) is 5.32 Å². The number of hydrogen-bond donors (Lipinski definition) is 2. The van der Waals surface area contributed by atoms with Crippen molar-refractivity contribution in [2.45, 2.75) is 45.6 Å². The third-order valence-corrected chi connectivity index (χ3v) is 3.53. The molecular formula is C16H25ClN2O2. The van der Waals surface area contributed by atoms with Crippen molar-refractivity contribution in [1.82, 2.24) is 5.32 Å². The summed E-state index contributed by atoms with van der Waals surface area (Å²) >= 11 is 6.01. The van der Waals surface area contributed by atoms with Crippen LogP contribution in [0.3, 0.4) is 0 Å². The Labute approximate surface area is 132 Å². The van der Waals surface area contributed by atoms with Gasteiger partial charge in [0.15, 0.2) is 0 Å². The van der Waals surface area contributed by atoms with Crippen LogP contribution in [0.2, 0.25) is 5.02 Å². The van der Waals surface area contributed by atoms with Gasteiger partial charge in [-0.1, -0.05) is 24.9 Å². The van der Waals surface area contributed by atoms with Crippen molar-refractivity contribution in [2.75, 3.05) is 13.2 Å². The molecule has 1 amide bonds. The van der Waals surface area contributed by atoms with Crippen molar-refractivity contribution in [1.29, 1.82) is 0 Å². The second-order valence-corrected chi connectivity index (χ2v) is 5.79. The molecular weight excluding hydrogens is 288 g/mol. The molecule has 0 spiro atoms. The maximum atomic E-state index is 12.0. The van der Waals surface area contributed by atoms with Gasteiger partial charge in [-0.3, -0.25) is 4.79 Å². The summed E-state index contributed by atoms with van der Waals surface area (Å²) in [5.41, 5.74) is 6.17. The van der Waals surface area contributed by atoms with Gasteiger partial charge < -0.3 is 15.8 Å². The molecule has 1 unspecified atom stereocenters. The minimum atomic E-state index is -0.814. The molecule has 5 heteroatoms. The smallest absolute Gasteiger partial charge is 0.239 e. The van der Waals surface area contributed by atoms with E-state index in [1.165, 1.54) is 0 Å². The van der Waals surface area contributed by atoms with Crippen molar-refractivity contribution in [3.63, 3.8) is 0 Å². The summed E-state index contributed by atoms with van der Waals surface area (Å²) in [6.45, 7) is 6.81. The first-order chi connectivity index (χ1) is 9.90. The Morgan fingerprint density at radius 1 is 1.43 bits per heavy atom. The molecule has 0 aliphatic carbocycles. The predicted octanol–water partition coefficient (Wildman–Crippen LogP) is 2.91. The van der Waals surface area contributed by atoms with Crippen LogP contribution in [-0.4, -0.2) is 24.6 Å². The number of nitrogens with two attached hydrogens (primary N) is 1. The van der Waals surface area contributed by atoms with E-state index in [0.717, 1.165) is 17.7 Å².